The molecule has 3 rings (SSSR count). The van der Waals surface area contributed by atoms with Crippen molar-refractivity contribution in [2.24, 2.45) is 11.7 Å². The molecule has 2 aliphatic rings. The fraction of sp³-hybridized carbons (Fsp3) is 0.562. The summed E-state index contributed by atoms with van der Waals surface area (Å²) in [5, 5.41) is 0. The maximum atomic E-state index is 14.5. The van der Waals surface area contributed by atoms with E-state index in [2.05, 4.69) is 4.72 Å². The molecule has 0 radical (unpaired) electrons. The van der Waals surface area contributed by atoms with Crippen molar-refractivity contribution < 1.29 is 9.18 Å². The molecule has 1 amide bonds. The van der Waals surface area contributed by atoms with E-state index in [0.29, 0.717) is 17.6 Å². The Balaban J connectivity index is 1.75. The van der Waals surface area contributed by atoms with Crippen molar-refractivity contribution in [3.05, 3.63) is 29.1 Å². The number of nitrogens with one attached hydrogen (secondary N) is 1. The van der Waals surface area contributed by atoms with Crippen LogP contribution in [0.1, 0.15) is 36.8 Å². The molecule has 2 fully saturated rings. The van der Waals surface area contributed by atoms with E-state index in [1.54, 1.807) is 10.4 Å². The molecule has 2 atom stereocenters. The molecule has 1 aliphatic carbocycles. The van der Waals surface area contributed by atoms with Gasteiger partial charge in [-0.05, 0) is 49.3 Å². The fourth-order valence-electron chi connectivity index (χ4n) is 3.52. The van der Waals surface area contributed by atoms with Crippen LogP contribution in [0.25, 0.3) is 0 Å². The van der Waals surface area contributed by atoms with Gasteiger partial charge >= 0.3 is 0 Å². The summed E-state index contributed by atoms with van der Waals surface area (Å²) in [6.07, 6.45) is 5.37. The summed E-state index contributed by atoms with van der Waals surface area (Å²) in [7, 11) is 0. The Morgan fingerprint density at radius 1 is 1.45 bits per heavy atom. The summed E-state index contributed by atoms with van der Waals surface area (Å²) < 4.78 is 18.8. The van der Waals surface area contributed by atoms with Crippen LogP contribution >= 0.6 is 12.1 Å². The third-order valence-corrected chi connectivity index (χ3v) is 5.32. The van der Waals surface area contributed by atoms with Gasteiger partial charge in [-0.3, -0.25) is 13.8 Å². The van der Waals surface area contributed by atoms with Gasteiger partial charge in [0.1, 0.15) is 12.4 Å². The van der Waals surface area contributed by atoms with Crippen molar-refractivity contribution >= 4 is 23.7 Å². The van der Waals surface area contributed by atoms with Crippen LogP contribution in [0.2, 0.25) is 0 Å². The first-order chi connectivity index (χ1) is 10.5. The smallest absolute Gasteiger partial charge is 0.251 e. The van der Waals surface area contributed by atoms with Crippen molar-refractivity contribution in [1.82, 2.24) is 4.72 Å². The lowest BCUT2D eigenvalue weighted by atomic mass is 9.82. The number of hydrogen-bond acceptors (Lipinski definition) is 4. The number of aryl methyl sites for hydroxylation is 1. The molecule has 0 aromatic heterocycles. The number of nitrogens with two attached hydrogens (primary N) is 1. The molecule has 1 aromatic carbocycles. The van der Waals surface area contributed by atoms with Gasteiger partial charge in [-0.25, -0.2) is 4.39 Å². The highest BCUT2D eigenvalue weighted by atomic mass is 32.2. The van der Waals surface area contributed by atoms with Gasteiger partial charge in [-0.15, -0.1) is 0 Å². The normalized spacial score (nSPS) is 25.4. The molecule has 1 saturated carbocycles. The molecule has 0 bridgehead atoms. The summed E-state index contributed by atoms with van der Waals surface area (Å²) >= 11 is 1.15. The lowest BCUT2D eigenvalue weighted by Gasteiger charge is -2.27. The number of halogens is 1. The Hall–Kier alpha value is -1.27. The molecular weight excluding hydrogens is 301 g/mol. The molecule has 1 aliphatic heterocycles. The van der Waals surface area contributed by atoms with Crippen molar-refractivity contribution in [3.8, 4) is 0 Å². The van der Waals surface area contributed by atoms with Crippen LogP contribution in [-0.2, 0) is 11.2 Å². The Labute approximate surface area is 134 Å². The Kier molecular flexibility index (Phi) is 4.59. The zero-order valence-electron chi connectivity index (χ0n) is 12.8. The third-order valence-electron chi connectivity index (χ3n) is 4.47. The van der Waals surface area contributed by atoms with E-state index in [1.807, 2.05) is 13.0 Å². The topological polar surface area (TPSA) is 58.4 Å². The van der Waals surface area contributed by atoms with E-state index in [1.165, 1.54) is 12.8 Å². The maximum Gasteiger partial charge on any atom is 0.251 e. The molecule has 22 heavy (non-hydrogen) atoms. The number of nitrogens with zero attached hydrogens (tertiary/aromatic N) is 1. The van der Waals surface area contributed by atoms with Crippen LogP contribution in [0.4, 0.5) is 10.1 Å². The minimum atomic E-state index is -0.251. The van der Waals surface area contributed by atoms with E-state index < -0.39 is 0 Å². The highest BCUT2D eigenvalue weighted by Crippen LogP contribution is 2.33. The first kappa shape index (κ1) is 15.6. The SMILES string of the molecule is Cc1cc(CC2CCCC(N)C2)cc(F)c1N1CC(=O)NS1. The molecule has 4 nitrogen and oxygen atoms in total. The number of anilines is 1. The Morgan fingerprint density at radius 2 is 2.27 bits per heavy atom. The zero-order valence-corrected chi connectivity index (χ0v) is 13.6. The van der Waals surface area contributed by atoms with E-state index in [0.717, 1.165) is 42.5 Å². The molecule has 0 spiro atoms. The maximum absolute atomic E-state index is 14.5. The second-order valence-electron chi connectivity index (χ2n) is 6.39. The quantitative estimate of drug-likeness (QED) is 0.840. The number of carbonyl (C=O) groups is 1. The van der Waals surface area contributed by atoms with Crippen LogP contribution in [-0.4, -0.2) is 18.5 Å². The predicted molar refractivity (Wildman–Crippen MR) is 87.9 cm³/mol. The summed E-state index contributed by atoms with van der Waals surface area (Å²) in [5.74, 6) is 0.209. The summed E-state index contributed by atoms with van der Waals surface area (Å²) in [6, 6.07) is 3.95. The Bertz CT molecular complexity index is 558. The van der Waals surface area contributed by atoms with Crippen LogP contribution < -0.4 is 14.8 Å². The van der Waals surface area contributed by atoms with E-state index >= 15 is 0 Å². The van der Waals surface area contributed by atoms with Crippen molar-refractivity contribution in [1.29, 1.82) is 0 Å². The van der Waals surface area contributed by atoms with E-state index in [4.69, 9.17) is 5.73 Å². The average molecular weight is 323 g/mol. The van der Waals surface area contributed by atoms with Gasteiger partial charge < -0.3 is 5.73 Å². The number of benzene rings is 1. The summed E-state index contributed by atoms with van der Waals surface area (Å²) in [5.41, 5.74) is 8.45. The molecule has 1 heterocycles. The first-order valence-corrected chi connectivity index (χ1v) is 8.58. The zero-order chi connectivity index (χ0) is 15.7. The third kappa shape index (κ3) is 3.38. The number of amides is 1. The lowest BCUT2D eigenvalue weighted by Crippen LogP contribution is -2.28. The van der Waals surface area contributed by atoms with Crippen LogP contribution in [0.5, 0.6) is 0 Å². The van der Waals surface area contributed by atoms with Crippen molar-refractivity contribution in [3.63, 3.8) is 0 Å². The monoisotopic (exact) mass is 323 g/mol. The average Bonchev–Trinajstić information content (AvgIpc) is 2.84. The predicted octanol–water partition coefficient (Wildman–Crippen LogP) is 2.69. The molecule has 1 saturated heterocycles. The Morgan fingerprint density at radius 3 is 2.91 bits per heavy atom. The van der Waals surface area contributed by atoms with Crippen LogP contribution in [0.15, 0.2) is 12.1 Å². The fourth-order valence-corrected chi connectivity index (χ4v) is 4.30. The minimum absolute atomic E-state index is 0.0935. The van der Waals surface area contributed by atoms with Crippen molar-refractivity contribution in [2.75, 3.05) is 10.8 Å². The van der Waals surface area contributed by atoms with Gasteiger partial charge in [-0.1, -0.05) is 18.9 Å². The van der Waals surface area contributed by atoms with E-state index in [-0.39, 0.29) is 18.3 Å². The molecule has 3 N–H and O–H groups in total. The minimum Gasteiger partial charge on any atom is -0.328 e. The molecule has 120 valence electrons. The highest BCUT2D eigenvalue weighted by Gasteiger charge is 2.26. The van der Waals surface area contributed by atoms with Gasteiger partial charge in [0.05, 0.1) is 17.8 Å². The molecule has 6 heteroatoms. The first-order valence-electron chi connectivity index (χ1n) is 7.81. The van der Waals surface area contributed by atoms with Gasteiger partial charge in [-0.2, -0.15) is 0 Å². The van der Waals surface area contributed by atoms with Gasteiger partial charge in [0.25, 0.3) is 5.91 Å². The van der Waals surface area contributed by atoms with Gasteiger partial charge in [0, 0.05) is 6.04 Å². The van der Waals surface area contributed by atoms with Crippen LogP contribution in [0, 0.1) is 18.7 Å². The lowest BCUT2D eigenvalue weighted by molar-refractivity contribution is -0.117. The van der Waals surface area contributed by atoms with Crippen molar-refractivity contribution in [2.45, 2.75) is 45.1 Å². The number of carbonyl (C=O) groups excluding carboxylic acids is 1. The van der Waals surface area contributed by atoms with Gasteiger partial charge in [0.2, 0.25) is 0 Å². The summed E-state index contributed by atoms with van der Waals surface area (Å²) in [6.45, 7) is 2.09. The molecular formula is C16H22FN3OS. The largest absolute Gasteiger partial charge is 0.328 e. The second kappa shape index (κ2) is 6.46. The van der Waals surface area contributed by atoms with Crippen LogP contribution in [0.3, 0.4) is 0 Å². The second-order valence-corrected chi connectivity index (χ2v) is 7.22. The standard InChI is InChI=1S/C16H22FN3OS/c1-10-5-12(6-11-3-2-4-13(18)7-11)8-14(17)16(10)20-9-15(21)19-22-20/h5,8,11,13H,2-4,6-7,9,18H2,1H3,(H,19,21). The summed E-state index contributed by atoms with van der Waals surface area (Å²) in [4.78, 5) is 11.3. The van der Waals surface area contributed by atoms with Gasteiger partial charge in [0.15, 0.2) is 0 Å². The number of hydrogen-bond donors (Lipinski definition) is 2. The number of rotatable bonds is 3. The highest BCUT2D eigenvalue weighted by molar-refractivity contribution is 7.99. The molecule has 1 aromatic rings. The molecule has 2 unspecified atom stereocenters. The van der Waals surface area contributed by atoms with E-state index in [9.17, 15) is 9.18 Å².